The van der Waals surface area contributed by atoms with Crippen molar-refractivity contribution in [2.45, 2.75) is 45.2 Å². The molecule has 0 radical (unpaired) electrons. The summed E-state index contributed by atoms with van der Waals surface area (Å²) in [7, 11) is -3.33. The van der Waals surface area contributed by atoms with Gasteiger partial charge in [0.15, 0.2) is 0 Å². The average Bonchev–Trinajstić information content (AvgIpc) is 3.00. The lowest BCUT2D eigenvalue weighted by Crippen LogP contribution is -2.51. The van der Waals surface area contributed by atoms with Crippen LogP contribution in [0.15, 0.2) is 72.9 Å². The molecule has 1 aromatic heterocycles. The number of para-hydroxylation sites is 1. The third kappa shape index (κ3) is 8.32. The number of rotatable bonds is 9. The standard InChI is InChI=1S/C32H39N5O5S/c1-24(38)36-20-14-26(15-21-36)32(39)37(28-6-4-3-5-7-28)29-16-18-35(19-17-29)23-25-8-13-31(33-22-25)42-30-11-9-27(10-12-30)34-43(2,40)41/h3-13,22,26,29,34H,14-21,23H2,1-2H3. The molecule has 5 rings (SSSR count). The van der Waals surface area contributed by atoms with Crippen LogP contribution in [0.4, 0.5) is 11.4 Å². The molecule has 2 aliphatic heterocycles. The number of aromatic nitrogens is 1. The van der Waals surface area contributed by atoms with Crippen molar-refractivity contribution in [2.24, 2.45) is 5.92 Å². The van der Waals surface area contributed by atoms with Crippen LogP contribution in [0.1, 0.15) is 38.2 Å². The number of pyridine rings is 1. The third-order valence-electron chi connectivity index (χ3n) is 8.07. The van der Waals surface area contributed by atoms with Crippen molar-refractivity contribution in [1.29, 1.82) is 0 Å². The van der Waals surface area contributed by atoms with Gasteiger partial charge in [0.2, 0.25) is 27.7 Å². The van der Waals surface area contributed by atoms with E-state index >= 15 is 0 Å². The Morgan fingerprint density at radius 1 is 0.930 bits per heavy atom. The quantitative estimate of drug-likeness (QED) is 0.382. The average molecular weight is 606 g/mol. The number of carbonyl (C=O) groups excluding carboxylic acids is 2. The fourth-order valence-electron chi connectivity index (χ4n) is 5.83. The van der Waals surface area contributed by atoms with Crippen molar-refractivity contribution < 1.29 is 22.7 Å². The van der Waals surface area contributed by atoms with Crippen LogP contribution < -0.4 is 14.4 Å². The number of likely N-dealkylation sites (tertiary alicyclic amines) is 2. The Morgan fingerprint density at radius 2 is 1.60 bits per heavy atom. The van der Waals surface area contributed by atoms with E-state index in [1.54, 1.807) is 31.2 Å². The van der Waals surface area contributed by atoms with Gasteiger partial charge in [0.05, 0.1) is 6.26 Å². The highest BCUT2D eigenvalue weighted by molar-refractivity contribution is 7.92. The van der Waals surface area contributed by atoms with Gasteiger partial charge in [0.25, 0.3) is 0 Å². The van der Waals surface area contributed by atoms with Crippen LogP contribution >= 0.6 is 0 Å². The third-order valence-corrected chi connectivity index (χ3v) is 8.67. The number of amides is 2. The maximum absolute atomic E-state index is 13.8. The van der Waals surface area contributed by atoms with E-state index in [0.29, 0.717) is 43.2 Å². The van der Waals surface area contributed by atoms with E-state index < -0.39 is 10.0 Å². The Morgan fingerprint density at radius 3 is 2.19 bits per heavy atom. The smallest absolute Gasteiger partial charge is 0.230 e. The van der Waals surface area contributed by atoms with Crippen molar-refractivity contribution in [3.8, 4) is 11.6 Å². The van der Waals surface area contributed by atoms with Gasteiger partial charge in [-0.2, -0.15) is 0 Å². The van der Waals surface area contributed by atoms with E-state index in [2.05, 4.69) is 14.6 Å². The minimum Gasteiger partial charge on any atom is -0.439 e. The number of sulfonamides is 1. The number of nitrogens with zero attached hydrogens (tertiary/aromatic N) is 4. The predicted molar refractivity (Wildman–Crippen MR) is 166 cm³/mol. The summed E-state index contributed by atoms with van der Waals surface area (Å²) in [5, 5.41) is 0. The maximum atomic E-state index is 13.8. The van der Waals surface area contributed by atoms with Gasteiger partial charge < -0.3 is 14.5 Å². The van der Waals surface area contributed by atoms with Crippen LogP contribution in [0.2, 0.25) is 0 Å². The first kappa shape index (κ1) is 30.5. The number of carbonyl (C=O) groups is 2. The number of hydrogen-bond donors (Lipinski definition) is 1. The molecule has 0 bridgehead atoms. The summed E-state index contributed by atoms with van der Waals surface area (Å²) >= 11 is 0. The number of benzene rings is 2. The number of piperidine rings is 2. The first-order valence-electron chi connectivity index (χ1n) is 14.7. The molecule has 3 heterocycles. The van der Waals surface area contributed by atoms with Crippen LogP contribution in [0.5, 0.6) is 11.6 Å². The molecule has 10 nitrogen and oxygen atoms in total. The molecule has 228 valence electrons. The van der Waals surface area contributed by atoms with E-state index in [4.69, 9.17) is 4.74 Å². The minimum atomic E-state index is -3.33. The van der Waals surface area contributed by atoms with Gasteiger partial charge in [-0.3, -0.25) is 19.2 Å². The first-order valence-corrected chi connectivity index (χ1v) is 16.6. The largest absolute Gasteiger partial charge is 0.439 e. The molecule has 2 amide bonds. The molecule has 2 aromatic carbocycles. The second-order valence-corrected chi connectivity index (χ2v) is 13.1. The summed E-state index contributed by atoms with van der Waals surface area (Å²) in [5.74, 6) is 1.20. The van der Waals surface area contributed by atoms with Crippen LogP contribution in [-0.2, 0) is 26.2 Å². The molecule has 0 atom stereocenters. The highest BCUT2D eigenvalue weighted by Crippen LogP contribution is 2.30. The number of hydrogen-bond acceptors (Lipinski definition) is 7. The van der Waals surface area contributed by atoms with E-state index in [-0.39, 0.29) is 23.8 Å². The molecule has 2 saturated heterocycles. The summed E-state index contributed by atoms with van der Waals surface area (Å²) < 4.78 is 31.0. The predicted octanol–water partition coefficient (Wildman–Crippen LogP) is 4.50. The van der Waals surface area contributed by atoms with Gasteiger partial charge in [0.1, 0.15) is 5.75 Å². The lowest BCUT2D eigenvalue weighted by molar-refractivity contribution is -0.133. The molecule has 11 heteroatoms. The monoisotopic (exact) mass is 605 g/mol. The van der Waals surface area contributed by atoms with Crippen LogP contribution in [0, 0.1) is 5.92 Å². The summed E-state index contributed by atoms with van der Waals surface area (Å²) in [6.45, 7) is 5.37. The van der Waals surface area contributed by atoms with E-state index in [1.807, 2.05) is 58.5 Å². The Bertz CT molecular complexity index is 1480. The second kappa shape index (κ2) is 13.6. The van der Waals surface area contributed by atoms with Crippen molar-refractivity contribution in [2.75, 3.05) is 42.1 Å². The minimum absolute atomic E-state index is 0.0669. The number of nitrogens with one attached hydrogen (secondary N) is 1. The summed E-state index contributed by atoms with van der Waals surface area (Å²) in [4.78, 5) is 36.3. The number of ether oxygens (including phenoxy) is 1. The van der Waals surface area contributed by atoms with Gasteiger partial charge >= 0.3 is 0 Å². The van der Waals surface area contributed by atoms with Gasteiger partial charge in [-0.1, -0.05) is 24.3 Å². The van der Waals surface area contributed by atoms with Gasteiger partial charge in [0, 0.05) is 75.2 Å². The maximum Gasteiger partial charge on any atom is 0.230 e. The molecular weight excluding hydrogens is 566 g/mol. The molecule has 43 heavy (non-hydrogen) atoms. The molecule has 0 spiro atoms. The highest BCUT2D eigenvalue weighted by Gasteiger charge is 2.35. The fraction of sp³-hybridized carbons (Fsp3) is 0.406. The molecule has 2 fully saturated rings. The summed E-state index contributed by atoms with van der Waals surface area (Å²) in [6, 6.07) is 20.6. The zero-order valence-corrected chi connectivity index (χ0v) is 25.5. The molecular formula is C32H39N5O5S. The molecule has 2 aliphatic rings. The second-order valence-electron chi connectivity index (χ2n) is 11.3. The van der Waals surface area contributed by atoms with Crippen molar-refractivity contribution >= 4 is 33.2 Å². The Labute approximate surface area is 253 Å². The van der Waals surface area contributed by atoms with Crippen molar-refractivity contribution in [1.82, 2.24) is 14.8 Å². The Balaban J connectivity index is 1.15. The van der Waals surface area contributed by atoms with Gasteiger partial charge in [-0.25, -0.2) is 13.4 Å². The topological polar surface area (TPSA) is 112 Å². The molecule has 1 N–H and O–H groups in total. The highest BCUT2D eigenvalue weighted by atomic mass is 32.2. The molecule has 0 saturated carbocycles. The lowest BCUT2D eigenvalue weighted by Gasteiger charge is -2.41. The van der Waals surface area contributed by atoms with Crippen LogP contribution in [0.3, 0.4) is 0 Å². The molecule has 0 aliphatic carbocycles. The zero-order chi connectivity index (χ0) is 30.4. The zero-order valence-electron chi connectivity index (χ0n) is 24.7. The van der Waals surface area contributed by atoms with E-state index in [0.717, 1.165) is 50.0 Å². The van der Waals surface area contributed by atoms with Crippen molar-refractivity contribution in [3.05, 3.63) is 78.5 Å². The summed E-state index contributed by atoms with van der Waals surface area (Å²) in [5.41, 5.74) is 2.49. The van der Waals surface area contributed by atoms with Crippen LogP contribution in [-0.4, -0.2) is 73.5 Å². The Hall–Kier alpha value is -3.96. The normalized spacial score (nSPS) is 16.9. The molecule has 3 aromatic rings. The molecule has 0 unspecified atom stereocenters. The number of anilines is 2. The van der Waals surface area contributed by atoms with E-state index in [9.17, 15) is 18.0 Å². The lowest BCUT2D eigenvalue weighted by atomic mass is 9.92. The Kier molecular flexibility index (Phi) is 9.62. The van der Waals surface area contributed by atoms with Gasteiger partial charge in [-0.05, 0) is 67.6 Å². The van der Waals surface area contributed by atoms with E-state index in [1.165, 1.54) is 0 Å². The van der Waals surface area contributed by atoms with Gasteiger partial charge in [-0.15, -0.1) is 0 Å². The first-order chi connectivity index (χ1) is 20.6. The van der Waals surface area contributed by atoms with Crippen LogP contribution in [0.25, 0.3) is 0 Å². The SMILES string of the molecule is CC(=O)N1CCC(C(=O)N(c2ccccc2)C2CCN(Cc3ccc(Oc4ccc(NS(C)(=O)=O)cc4)nc3)CC2)CC1. The summed E-state index contributed by atoms with van der Waals surface area (Å²) in [6.07, 6.45) is 6.10. The van der Waals surface area contributed by atoms with Crippen molar-refractivity contribution in [3.63, 3.8) is 0 Å². The fourth-order valence-corrected chi connectivity index (χ4v) is 6.39.